The number of allylic oxidation sites excluding steroid dienone is 2. The Balaban J connectivity index is 2.42. The van der Waals surface area contributed by atoms with Crippen molar-refractivity contribution < 1.29 is 12.6 Å². The van der Waals surface area contributed by atoms with E-state index in [1.165, 1.54) is 30.3 Å². The van der Waals surface area contributed by atoms with Gasteiger partial charge in [-0.2, -0.15) is 24.2 Å². The molecule has 0 heterocycles. The van der Waals surface area contributed by atoms with Crippen LogP contribution >= 0.6 is 0 Å². The second-order valence-electron chi connectivity index (χ2n) is 5.04. The summed E-state index contributed by atoms with van der Waals surface area (Å²) in [4.78, 5) is -0.137. The highest BCUT2D eigenvalue weighted by Gasteiger charge is 2.18. The molecular weight excluding hydrogens is 352 g/mol. The molecule has 0 bridgehead atoms. The molecule has 0 spiro atoms. The van der Waals surface area contributed by atoms with Crippen LogP contribution in [0.15, 0.2) is 64.7 Å². The molecular formula is C18H12N4O3S. The zero-order chi connectivity index (χ0) is 19.2. The molecule has 128 valence electrons. The summed E-state index contributed by atoms with van der Waals surface area (Å²) < 4.78 is 29.9. The van der Waals surface area contributed by atoms with Crippen molar-refractivity contribution in [2.24, 2.45) is 0 Å². The molecule has 0 radical (unpaired) electrons. The van der Waals surface area contributed by atoms with Gasteiger partial charge in [0.1, 0.15) is 34.5 Å². The minimum atomic E-state index is -4.10. The summed E-state index contributed by atoms with van der Waals surface area (Å²) in [6.07, 6.45) is 0. The molecule has 0 unspecified atom stereocenters. The molecule has 0 fully saturated rings. The third-order valence-corrected chi connectivity index (χ3v) is 4.54. The second kappa shape index (κ2) is 7.85. The van der Waals surface area contributed by atoms with Crippen LogP contribution in [0.25, 0.3) is 0 Å². The predicted molar refractivity (Wildman–Crippen MR) is 92.9 cm³/mol. The number of anilines is 1. The molecule has 1 N–H and O–H groups in total. The number of para-hydroxylation sites is 1. The van der Waals surface area contributed by atoms with Crippen molar-refractivity contribution in [3.8, 4) is 24.0 Å². The van der Waals surface area contributed by atoms with Crippen LogP contribution in [0.3, 0.4) is 0 Å². The summed E-state index contributed by atoms with van der Waals surface area (Å²) in [5.41, 5.74) is 0.214. The number of hydrogen-bond donors (Lipinski definition) is 1. The van der Waals surface area contributed by atoms with Gasteiger partial charge in [-0.3, -0.25) is 0 Å². The number of nitrogens with one attached hydrogen (secondary N) is 1. The molecule has 26 heavy (non-hydrogen) atoms. The first-order valence-corrected chi connectivity index (χ1v) is 8.64. The minimum Gasteiger partial charge on any atom is -0.379 e. The quantitative estimate of drug-likeness (QED) is 0.638. The Morgan fingerprint density at radius 3 is 2.23 bits per heavy atom. The van der Waals surface area contributed by atoms with E-state index in [9.17, 15) is 8.42 Å². The number of aryl methyl sites for hydroxylation is 1. The largest absolute Gasteiger partial charge is 0.379 e. The van der Waals surface area contributed by atoms with E-state index < -0.39 is 15.7 Å². The monoisotopic (exact) mass is 364 g/mol. The lowest BCUT2D eigenvalue weighted by Crippen LogP contribution is -2.11. The zero-order valence-corrected chi connectivity index (χ0v) is 14.4. The van der Waals surface area contributed by atoms with Gasteiger partial charge >= 0.3 is 10.1 Å². The fourth-order valence-corrected chi connectivity index (χ4v) is 2.92. The Hall–Kier alpha value is -3.80. The van der Waals surface area contributed by atoms with Crippen molar-refractivity contribution in [2.75, 3.05) is 5.32 Å². The summed E-state index contributed by atoms with van der Waals surface area (Å²) >= 11 is 0. The number of nitriles is 3. The van der Waals surface area contributed by atoms with E-state index in [0.29, 0.717) is 5.56 Å². The maximum absolute atomic E-state index is 12.4. The standard InChI is InChI=1S/C18H12N4O3S/c1-13-7-8-16(26(23,24)25-15-5-3-2-4-6-15)9-17(13)22-18(12-21)14(10-19)11-20/h2-9,22H,1H3. The van der Waals surface area contributed by atoms with E-state index in [-0.39, 0.29) is 22.0 Å². The highest BCUT2D eigenvalue weighted by atomic mass is 32.2. The maximum Gasteiger partial charge on any atom is 0.339 e. The fourth-order valence-electron chi connectivity index (χ4n) is 1.96. The van der Waals surface area contributed by atoms with Gasteiger partial charge in [-0.1, -0.05) is 24.3 Å². The van der Waals surface area contributed by atoms with Crippen LogP contribution in [-0.4, -0.2) is 8.42 Å². The van der Waals surface area contributed by atoms with Crippen molar-refractivity contribution in [2.45, 2.75) is 11.8 Å². The number of benzene rings is 2. The van der Waals surface area contributed by atoms with Crippen LogP contribution in [-0.2, 0) is 10.1 Å². The first-order chi connectivity index (χ1) is 12.4. The van der Waals surface area contributed by atoms with Gasteiger partial charge in [-0.15, -0.1) is 0 Å². The molecule has 8 heteroatoms. The number of nitrogens with zero attached hydrogens (tertiary/aromatic N) is 3. The van der Waals surface area contributed by atoms with Crippen molar-refractivity contribution in [3.05, 3.63) is 65.4 Å². The highest BCUT2D eigenvalue weighted by molar-refractivity contribution is 7.87. The highest BCUT2D eigenvalue weighted by Crippen LogP contribution is 2.24. The van der Waals surface area contributed by atoms with E-state index in [4.69, 9.17) is 20.0 Å². The van der Waals surface area contributed by atoms with Crippen LogP contribution in [0.2, 0.25) is 0 Å². The molecule has 0 aliphatic carbocycles. The van der Waals surface area contributed by atoms with Crippen LogP contribution in [0, 0.1) is 40.9 Å². The third kappa shape index (κ3) is 4.18. The molecule has 0 atom stereocenters. The summed E-state index contributed by atoms with van der Waals surface area (Å²) in [6.45, 7) is 1.68. The van der Waals surface area contributed by atoms with Gasteiger partial charge in [0.25, 0.3) is 0 Å². The molecule has 0 aliphatic rings. The van der Waals surface area contributed by atoms with Gasteiger partial charge in [0.05, 0.1) is 0 Å². The lowest BCUT2D eigenvalue weighted by atomic mass is 10.2. The van der Waals surface area contributed by atoms with Gasteiger partial charge in [0, 0.05) is 5.69 Å². The Labute approximate surface area is 151 Å². The molecule has 2 aromatic rings. The lowest BCUT2D eigenvalue weighted by molar-refractivity contribution is 0.486. The maximum atomic E-state index is 12.4. The van der Waals surface area contributed by atoms with Crippen LogP contribution in [0.4, 0.5) is 5.69 Å². The van der Waals surface area contributed by atoms with E-state index in [1.54, 1.807) is 43.3 Å². The molecule has 0 saturated heterocycles. The Kier molecular flexibility index (Phi) is 5.60. The molecule has 7 nitrogen and oxygen atoms in total. The summed E-state index contributed by atoms with van der Waals surface area (Å²) in [7, 11) is -4.10. The minimum absolute atomic E-state index is 0.137. The van der Waals surface area contributed by atoms with Gasteiger partial charge in [-0.25, -0.2) is 0 Å². The number of hydrogen-bond acceptors (Lipinski definition) is 7. The van der Waals surface area contributed by atoms with Crippen LogP contribution in [0.1, 0.15) is 5.56 Å². The van der Waals surface area contributed by atoms with Crippen molar-refractivity contribution in [3.63, 3.8) is 0 Å². The molecule has 2 rings (SSSR count). The Morgan fingerprint density at radius 1 is 1.00 bits per heavy atom. The molecule has 0 aromatic heterocycles. The van der Waals surface area contributed by atoms with Crippen molar-refractivity contribution in [1.82, 2.24) is 0 Å². The second-order valence-corrected chi connectivity index (χ2v) is 6.58. The summed E-state index contributed by atoms with van der Waals surface area (Å²) in [6, 6.07) is 17.1. The van der Waals surface area contributed by atoms with Gasteiger partial charge in [0.15, 0.2) is 5.57 Å². The van der Waals surface area contributed by atoms with E-state index in [2.05, 4.69) is 5.32 Å². The SMILES string of the molecule is Cc1ccc(S(=O)(=O)Oc2ccccc2)cc1NC(C#N)=C(C#N)C#N. The average Bonchev–Trinajstić information content (AvgIpc) is 2.63. The van der Waals surface area contributed by atoms with Crippen molar-refractivity contribution in [1.29, 1.82) is 15.8 Å². The smallest absolute Gasteiger partial charge is 0.339 e. The third-order valence-electron chi connectivity index (χ3n) is 3.29. The molecule has 0 amide bonds. The molecule has 0 saturated carbocycles. The Morgan fingerprint density at radius 2 is 1.65 bits per heavy atom. The molecule has 0 aliphatic heterocycles. The van der Waals surface area contributed by atoms with Gasteiger partial charge < -0.3 is 9.50 Å². The number of rotatable bonds is 5. The lowest BCUT2D eigenvalue weighted by Gasteiger charge is -2.12. The van der Waals surface area contributed by atoms with Gasteiger partial charge in [0.2, 0.25) is 0 Å². The van der Waals surface area contributed by atoms with Crippen LogP contribution < -0.4 is 9.50 Å². The van der Waals surface area contributed by atoms with E-state index in [1.807, 2.05) is 0 Å². The topological polar surface area (TPSA) is 127 Å². The first kappa shape index (κ1) is 18.5. The predicted octanol–water partition coefficient (Wildman–Crippen LogP) is 3.00. The average molecular weight is 364 g/mol. The summed E-state index contributed by atoms with van der Waals surface area (Å²) in [5.74, 6) is 0.163. The zero-order valence-electron chi connectivity index (χ0n) is 13.6. The van der Waals surface area contributed by atoms with Gasteiger partial charge in [-0.05, 0) is 36.8 Å². The van der Waals surface area contributed by atoms with E-state index >= 15 is 0 Å². The molecule has 2 aromatic carbocycles. The summed E-state index contributed by atoms with van der Waals surface area (Å²) in [5, 5.41) is 29.5. The van der Waals surface area contributed by atoms with Crippen molar-refractivity contribution >= 4 is 15.8 Å². The fraction of sp³-hybridized carbons (Fsp3) is 0.0556. The normalized spacial score (nSPS) is 9.92. The van der Waals surface area contributed by atoms with Crippen LogP contribution in [0.5, 0.6) is 5.75 Å². The Bertz CT molecular complexity index is 1070. The van der Waals surface area contributed by atoms with E-state index in [0.717, 1.165) is 0 Å². The first-order valence-electron chi connectivity index (χ1n) is 7.23.